The number of likely N-dealkylation sites (tertiary alicyclic amines) is 1. The third-order valence-corrected chi connectivity index (χ3v) is 6.31. The summed E-state index contributed by atoms with van der Waals surface area (Å²) in [4.78, 5) is 33.1. The van der Waals surface area contributed by atoms with Gasteiger partial charge in [0.15, 0.2) is 5.72 Å². The van der Waals surface area contributed by atoms with E-state index in [0.29, 0.717) is 17.7 Å². The second kappa shape index (κ2) is 10.1. The fourth-order valence-electron chi connectivity index (χ4n) is 4.48. The molecule has 7 nitrogen and oxygen atoms in total. The molecule has 3 atom stereocenters. The van der Waals surface area contributed by atoms with E-state index in [1.807, 2.05) is 61.5 Å². The van der Waals surface area contributed by atoms with Crippen LogP contribution in [-0.4, -0.2) is 53.0 Å². The number of hydrogen-bond acceptors (Lipinski definition) is 5. The van der Waals surface area contributed by atoms with Gasteiger partial charge in [0.05, 0.1) is 12.3 Å². The first-order valence-corrected chi connectivity index (χ1v) is 11.4. The molecule has 0 saturated carbocycles. The Morgan fingerprint density at radius 1 is 1.12 bits per heavy atom. The number of rotatable bonds is 6. The van der Waals surface area contributed by atoms with E-state index < -0.39 is 17.7 Å². The SMILES string of the molecule is CCC1C=CC=CC1(O)NC(=O)[C@@H]1CC(=NOC)CN1C(=O)c1ccc(-c2ccccc2)cc1. The molecule has 176 valence electrons. The molecule has 7 heteroatoms. The first-order chi connectivity index (χ1) is 16.4. The van der Waals surface area contributed by atoms with Crippen molar-refractivity contribution in [1.82, 2.24) is 10.2 Å². The molecule has 1 saturated heterocycles. The van der Waals surface area contributed by atoms with Crippen molar-refractivity contribution in [3.63, 3.8) is 0 Å². The van der Waals surface area contributed by atoms with Gasteiger partial charge in [0.2, 0.25) is 5.91 Å². The number of carbonyl (C=O) groups is 2. The fraction of sp³-hybridized carbons (Fsp3) is 0.296. The van der Waals surface area contributed by atoms with Crippen molar-refractivity contribution in [2.24, 2.45) is 11.1 Å². The van der Waals surface area contributed by atoms with Crippen LogP contribution in [0.1, 0.15) is 30.1 Å². The predicted molar refractivity (Wildman–Crippen MR) is 131 cm³/mol. The first-order valence-electron chi connectivity index (χ1n) is 11.4. The van der Waals surface area contributed by atoms with Crippen LogP contribution in [0.2, 0.25) is 0 Å². The number of nitrogens with one attached hydrogen (secondary N) is 1. The Balaban J connectivity index is 1.55. The first kappa shape index (κ1) is 23.4. The van der Waals surface area contributed by atoms with Crippen molar-refractivity contribution >= 4 is 17.5 Å². The number of carbonyl (C=O) groups excluding carboxylic acids is 2. The molecule has 1 fully saturated rings. The van der Waals surface area contributed by atoms with Gasteiger partial charge in [-0.25, -0.2) is 0 Å². The topological polar surface area (TPSA) is 91.2 Å². The summed E-state index contributed by atoms with van der Waals surface area (Å²) in [6.45, 7) is 2.12. The van der Waals surface area contributed by atoms with Crippen LogP contribution in [0.3, 0.4) is 0 Å². The summed E-state index contributed by atoms with van der Waals surface area (Å²) in [5.74, 6) is -0.972. The molecule has 1 heterocycles. The van der Waals surface area contributed by atoms with Crippen molar-refractivity contribution in [2.45, 2.75) is 31.5 Å². The Labute approximate surface area is 199 Å². The second-order valence-corrected chi connectivity index (χ2v) is 8.51. The smallest absolute Gasteiger partial charge is 0.254 e. The lowest BCUT2D eigenvalue weighted by atomic mass is 9.88. The summed E-state index contributed by atoms with van der Waals surface area (Å²) in [6.07, 6.45) is 7.88. The molecule has 4 rings (SSSR count). The van der Waals surface area contributed by atoms with Crippen LogP contribution < -0.4 is 5.32 Å². The van der Waals surface area contributed by atoms with Gasteiger partial charge in [0.1, 0.15) is 13.2 Å². The summed E-state index contributed by atoms with van der Waals surface area (Å²) in [6, 6.07) is 16.4. The molecule has 2 aromatic carbocycles. The van der Waals surface area contributed by atoms with Crippen LogP contribution in [0.25, 0.3) is 11.1 Å². The quantitative estimate of drug-likeness (QED) is 0.511. The summed E-state index contributed by atoms with van der Waals surface area (Å²) < 4.78 is 0. The maximum atomic E-state index is 13.4. The van der Waals surface area contributed by atoms with Crippen molar-refractivity contribution in [2.75, 3.05) is 13.7 Å². The lowest BCUT2D eigenvalue weighted by molar-refractivity contribution is -0.132. The maximum Gasteiger partial charge on any atom is 0.254 e. The number of nitrogens with zero attached hydrogens (tertiary/aromatic N) is 2. The molecular formula is C27H29N3O4. The maximum absolute atomic E-state index is 13.4. The molecule has 1 aliphatic carbocycles. The molecule has 0 spiro atoms. The van der Waals surface area contributed by atoms with Gasteiger partial charge in [-0.3, -0.25) is 9.59 Å². The number of hydrogen-bond donors (Lipinski definition) is 2. The number of amides is 2. The van der Waals surface area contributed by atoms with E-state index in [1.54, 1.807) is 24.3 Å². The van der Waals surface area contributed by atoms with E-state index in [4.69, 9.17) is 4.84 Å². The van der Waals surface area contributed by atoms with Crippen LogP contribution in [0.15, 0.2) is 84.1 Å². The van der Waals surface area contributed by atoms with Gasteiger partial charge < -0.3 is 20.2 Å². The second-order valence-electron chi connectivity index (χ2n) is 8.51. The summed E-state index contributed by atoms with van der Waals surface area (Å²) in [5, 5.41) is 17.8. The van der Waals surface area contributed by atoms with Gasteiger partial charge >= 0.3 is 0 Å². The largest absolute Gasteiger partial charge is 0.399 e. The molecule has 34 heavy (non-hydrogen) atoms. The van der Waals surface area contributed by atoms with Gasteiger partial charge in [-0.2, -0.15) is 0 Å². The third-order valence-electron chi connectivity index (χ3n) is 6.31. The summed E-state index contributed by atoms with van der Waals surface area (Å²) in [5.41, 5.74) is 1.62. The van der Waals surface area contributed by atoms with Crippen molar-refractivity contribution in [1.29, 1.82) is 0 Å². The van der Waals surface area contributed by atoms with E-state index in [2.05, 4.69) is 10.5 Å². The average Bonchev–Trinajstić information content (AvgIpc) is 3.29. The normalized spacial score (nSPS) is 24.9. The average molecular weight is 460 g/mol. The van der Waals surface area contributed by atoms with Gasteiger partial charge in [0, 0.05) is 17.9 Å². The lowest BCUT2D eigenvalue weighted by Gasteiger charge is -2.35. The number of benzene rings is 2. The Hall–Kier alpha value is -3.71. The van der Waals surface area contributed by atoms with Crippen LogP contribution in [-0.2, 0) is 9.63 Å². The Kier molecular flexibility index (Phi) is 6.93. The number of allylic oxidation sites excluding steroid dienone is 2. The van der Waals surface area contributed by atoms with Crippen LogP contribution >= 0.6 is 0 Å². The van der Waals surface area contributed by atoms with E-state index in [-0.39, 0.29) is 24.8 Å². The molecule has 2 aliphatic rings. The number of oxime groups is 1. The third kappa shape index (κ3) is 4.79. The Morgan fingerprint density at radius 3 is 2.50 bits per heavy atom. The zero-order chi connectivity index (χ0) is 24.1. The minimum Gasteiger partial charge on any atom is -0.399 e. The Bertz CT molecular complexity index is 1120. The standard InChI is InChI=1S/C27H29N3O4/c1-3-22-11-7-8-16-27(22,33)28-25(31)24-17-23(29-34-2)18-30(24)26(32)21-14-12-20(13-15-21)19-9-5-4-6-10-19/h4-16,22,24,33H,3,17-18H2,1-2H3,(H,28,31)/t22?,24-,27?/m0/s1. The minimum absolute atomic E-state index is 0.177. The molecule has 2 unspecified atom stereocenters. The highest BCUT2D eigenvalue weighted by Crippen LogP contribution is 2.27. The number of aliphatic hydroxyl groups is 1. The van der Waals surface area contributed by atoms with E-state index in [9.17, 15) is 14.7 Å². The van der Waals surface area contributed by atoms with Gasteiger partial charge in [-0.05, 0) is 35.8 Å². The molecule has 2 N–H and O–H groups in total. The van der Waals surface area contributed by atoms with Gasteiger partial charge in [-0.1, -0.05) is 72.8 Å². The highest BCUT2D eigenvalue weighted by atomic mass is 16.6. The van der Waals surface area contributed by atoms with Crippen molar-refractivity contribution in [3.05, 3.63) is 84.5 Å². The molecule has 2 aromatic rings. The highest BCUT2D eigenvalue weighted by molar-refractivity contribution is 6.05. The molecule has 0 aromatic heterocycles. The van der Waals surface area contributed by atoms with Crippen molar-refractivity contribution in [3.8, 4) is 11.1 Å². The molecule has 2 amide bonds. The fourth-order valence-corrected chi connectivity index (χ4v) is 4.48. The van der Waals surface area contributed by atoms with E-state index in [0.717, 1.165) is 11.1 Å². The molecular weight excluding hydrogens is 430 g/mol. The predicted octanol–water partition coefficient (Wildman–Crippen LogP) is 3.53. The molecule has 1 aliphatic heterocycles. The molecule has 0 radical (unpaired) electrons. The summed E-state index contributed by atoms with van der Waals surface area (Å²) >= 11 is 0. The van der Waals surface area contributed by atoms with Crippen LogP contribution in [0.4, 0.5) is 0 Å². The highest BCUT2D eigenvalue weighted by Gasteiger charge is 2.42. The van der Waals surface area contributed by atoms with E-state index in [1.165, 1.54) is 12.0 Å². The zero-order valence-electron chi connectivity index (χ0n) is 19.3. The zero-order valence-corrected chi connectivity index (χ0v) is 19.3. The minimum atomic E-state index is -1.51. The molecule has 0 bridgehead atoms. The van der Waals surface area contributed by atoms with Gasteiger partial charge in [-0.15, -0.1) is 0 Å². The van der Waals surface area contributed by atoms with Crippen molar-refractivity contribution < 1.29 is 19.5 Å². The summed E-state index contributed by atoms with van der Waals surface area (Å²) in [7, 11) is 1.43. The van der Waals surface area contributed by atoms with E-state index >= 15 is 0 Å². The van der Waals surface area contributed by atoms with Gasteiger partial charge in [0.25, 0.3) is 5.91 Å². The lowest BCUT2D eigenvalue weighted by Crippen LogP contribution is -2.57. The van der Waals surface area contributed by atoms with Crippen LogP contribution in [0.5, 0.6) is 0 Å². The Morgan fingerprint density at radius 2 is 1.82 bits per heavy atom. The van der Waals surface area contributed by atoms with Crippen LogP contribution in [0, 0.1) is 5.92 Å². The monoisotopic (exact) mass is 459 g/mol.